The van der Waals surface area contributed by atoms with Gasteiger partial charge in [0, 0.05) is 0 Å². The SMILES string of the molecule is C=C[C@@H]1CC[C@H]1S(=O)(=O)c1ccc(C)cc1. The van der Waals surface area contributed by atoms with Crippen molar-refractivity contribution in [3.8, 4) is 0 Å². The molecule has 16 heavy (non-hydrogen) atoms. The van der Waals surface area contributed by atoms with E-state index in [2.05, 4.69) is 6.58 Å². The van der Waals surface area contributed by atoms with Gasteiger partial charge in [0.05, 0.1) is 10.1 Å². The van der Waals surface area contributed by atoms with Crippen LogP contribution in [0.15, 0.2) is 41.8 Å². The maximum atomic E-state index is 12.2. The summed E-state index contributed by atoms with van der Waals surface area (Å²) in [6.07, 6.45) is 3.46. The van der Waals surface area contributed by atoms with Crippen molar-refractivity contribution < 1.29 is 8.42 Å². The van der Waals surface area contributed by atoms with Crippen LogP contribution < -0.4 is 0 Å². The lowest BCUT2D eigenvalue weighted by molar-refractivity contribution is 0.382. The fourth-order valence-corrected chi connectivity index (χ4v) is 4.07. The van der Waals surface area contributed by atoms with Gasteiger partial charge in [-0.1, -0.05) is 23.8 Å². The molecule has 2 rings (SSSR count). The van der Waals surface area contributed by atoms with Gasteiger partial charge < -0.3 is 0 Å². The fourth-order valence-electron chi connectivity index (χ4n) is 2.05. The van der Waals surface area contributed by atoms with Gasteiger partial charge in [0.25, 0.3) is 0 Å². The third-order valence-corrected chi connectivity index (χ3v) is 5.62. The lowest BCUT2D eigenvalue weighted by atomic mass is 9.85. The zero-order valence-corrected chi connectivity index (χ0v) is 10.2. The molecule has 0 aliphatic heterocycles. The highest BCUT2D eigenvalue weighted by Crippen LogP contribution is 2.37. The number of sulfone groups is 1. The molecule has 1 aromatic rings. The number of rotatable bonds is 3. The number of hydrogen-bond acceptors (Lipinski definition) is 2. The largest absolute Gasteiger partial charge is 0.223 e. The average molecular weight is 236 g/mol. The standard InChI is InChI=1S/C13H16O2S/c1-3-11-6-9-13(11)16(14,15)12-7-4-10(2)5-8-12/h3-5,7-8,11,13H,1,6,9H2,2H3/t11-,13-/m1/s1. The first-order chi connectivity index (χ1) is 7.55. The van der Waals surface area contributed by atoms with Crippen molar-refractivity contribution in [3.63, 3.8) is 0 Å². The van der Waals surface area contributed by atoms with Gasteiger partial charge in [0.2, 0.25) is 0 Å². The van der Waals surface area contributed by atoms with Crippen LogP contribution in [-0.4, -0.2) is 13.7 Å². The zero-order valence-electron chi connectivity index (χ0n) is 9.39. The van der Waals surface area contributed by atoms with Gasteiger partial charge in [-0.15, -0.1) is 6.58 Å². The van der Waals surface area contributed by atoms with Crippen LogP contribution in [0.25, 0.3) is 0 Å². The monoisotopic (exact) mass is 236 g/mol. The van der Waals surface area contributed by atoms with Gasteiger partial charge in [0.15, 0.2) is 9.84 Å². The van der Waals surface area contributed by atoms with Crippen LogP contribution in [0.4, 0.5) is 0 Å². The highest BCUT2D eigenvalue weighted by molar-refractivity contribution is 7.92. The molecule has 1 aromatic carbocycles. The van der Waals surface area contributed by atoms with Gasteiger partial charge in [-0.2, -0.15) is 0 Å². The molecule has 1 aliphatic rings. The number of allylic oxidation sites excluding steroid dienone is 1. The predicted octanol–water partition coefficient (Wildman–Crippen LogP) is 2.73. The van der Waals surface area contributed by atoms with Crippen LogP contribution in [0.3, 0.4) is 0 Å². The topological polar surface area (TPSA) is 34.1 Å². The molecule has 0 aromatic heterocycles. The molecule has 0 unspecified atom stereocenters. The minimum atomic E-state index is -3.15. The second-order valence-corrected chi connectivity index (χ2v) is 6.54. The highest BCUT2D eigenvalue weighted by atomic mass is 32.2. The van der Waals surface area contributed by atoms with Gasteiger partial charge in [-0.3, -0.25) is 0 Å². The summed E-state index contributed by atoms with van der Waals surface area (Å²) in [5.74, 6) is 0.131. The van der Waals surface area contributed by atoms with E-state index >= 15 is 0 Å². The molecule has 0 radical (unpaired) electrons. The molecular weight excluding hydrogens is 220 g/mol. The van der Waals surface area contributed by atoms with E-state index in [9.17, 15) is 8.42 Å². The van der Waals surface area contributed by atoms with E-state index < -0.39 is 9.84 Å². The molecule has 2 atom stereocenters. The van der Waals surface area contributed by atoms with Crippen molar-refractivity contribution in [1.82, 2.24) is 0 Å². The molecule has 1 fully saturated rings. The molecule has 0 N–H and O–H groups in total. The Morgan fingerprint density at radius 3 is 2.31 bits per heavy atom. The van der Waals surface area contributed by atoms with Gasteiger partial charge in [-0.25, -0.2) is 8.42 Å². The number of aryl methyl sites for hydroxylation is 1. The Labute approximate surface area is 96.9 Å². The normalized spacial score (nSPS) is 24.8. The maximum absolute atomic E-state index is 12.2. The summed E-state index contributed by atoms with van der Waals surface area (Å²) in [7, 11) is -3.15. The second-order valence-electron chi connectivity index (χ2n) is 4.37. The Bertz CT molecular complexity index is 485. The van der Waals surface area contributed by atoms with E-state index in [0.29, 0.717) is 4.90 Å². The molecule has 1 aliphatic carbocycles. The predicted molar refractivity (Wildman–Crippen MR) is 65.1 cm³/mol. The molecule has 0 amide bonds. The molecule has 0 saturated heterocycles. The van der Waals surface area contributed by atoms with Crippen molar-refractivity contribution in [2.45, 2.75) is 29.9 Å². The van der Waals surface area contributed by atoms with Crippen LogP contribution in [0.1, 0.15) is 18.4 Å². The van der Waals surface area contributed by atoms with Crippen molar-refractivity contribution >= 4 is 9.84 Å². The Kier molecular flexibility index (Phi) is 2.89. The first kappa shape index (κ1) is 11.4. The Balaban J connectivity index is 2.32. The van der Waals surface area contributed by atoms with Gasteiger partial charge >= 0.3 is 0 Å². The highest BCUT2D eigenvalue weighted by Gasteiger charge is 2.39. The third kappa shape index (κ3) is 1.80. The van der Waals surface area contributed by atoms with Crippen molar-refractivity contribution in [1.29, 1.82) is 0 Å². The second kappa shape index (κ2) is 4.06. The van der Waals surface area contributed by atoms with Crippen LogP contribution in [0.2, 0.25) is 0 Å². The fraction of sp³-hybridized carbons (Fsp3) is 0.385. The molecule has 0 bridgehead atoms. The van der Waals surface area contributed by atoms with Crippen molar-refractivity contribution in [2.24, 2.45) is 5.92 Å². The summed E-state index contributed by atoms with van der Waals surface area (Å²) < 4.78 is 24.5. The zero-order chi connectivity index (χ0) is 11.8. The molecule has 0 spiro atoms. The summed E-state index contributed by atoms with van der Waals surface area (Å²) in [6.45, 7) is 5.64. The van der Waals surface area contributed by atoms with Crippen LogP contribution in [-0.2, 0) is 9.84 Å². The quantitative estimate of drug-likeness (QED) is 0.756. The molecule has 1 saturated carbocycles. The van der Waals surface area contributed by atoms with Gasteiger partial charge in [-0.05, 0) is 37.8 Å². The average Bonchev–Trinajstić information content (AvgIpc) is 2.16. The Morgan fingerprint density at radius 2 is 1.88 bits per heavy atom. The molecule has 3 heteroatoms. The Morgan fingerprint density at radius 1 is 1.25 bits per heavy atom. The van der Waals surface area contributed by atoms with E-state index in [1.165, 1.54) is 0 Å². The van der Waals surface area contributed by atoms with E-state index in [4.69, 9.17) is 0 Å². The van der Waals surface area contributed by atoms with E-state index in [0.717, 1.165) is 18.4 Å². The maximum Gasteiger partial charge on any atom is 0.181 e. The van der Waals surface area contributed by atoms with Crippen molar-refractivity contribution in [2.75, 3.05) is 0 Å². The smallest absolute Gasteiger partial charge is 0.181 e. The summed E-state index contributed by atoms with van der Waals surface area (Å²) in [4.78, 5) is 0.439. The van der Waals surface area contributed by atoms with Gasteiger partial charge in [0.1, 0.15) is 0 Å². The Hall–Kier alpha value is -1.09. The number of benzene rings is 1. The lowest BCUT2D eigenvalue weighted by Gasteiger charge is -2.33. The lowest BCUT2D eigenvalue weighted by Crippen LogP contribution is -2.37. The first-order valence-electron chi connectivity index (χ1n) is 5.49. The minimum absolute atomic E-state index is 0.131. The molecule has 86 valence electrons. The van der Waals surface area contributed by atoms with E-state index in [-0.39, 0.29) is 11.2 Å². The summed E-state index contributed by atoms with van der Waals surface area (Å²) >= 11 is 0. The van der Waals surface area contributed by atoms with Crippen molar-refractivity contribution in [3.05, 3.63) is 42.5 Å². The summed E-state index contributed by atoms with van der Waals surface area (Å²) in [5.41, 5.74) is 1.08. The molecule has 2 nitrogen and oxygen atoms in total. The van der Waals surface area contributed by atoms with E-state index in [1.54, 1.807) is 18.2 Å². The molecule has 0 heterocycles. The first-order valence-corrected chi connectivity index (χ1v) is 7.03. The van der Waals surface area contributed by atoms with Crippen LogP contribution >= 0.6 is 0 Å². The minimum Gasteiger partial charge on any atom is -0.223 e. The summed E-state index contributed by atoms with van der Waals surface area (Å²) in [5, 5.41) is -0.257. The van der Waals surface area contributed by atoms with Crippen LogP contribution in [0, 0.1) is 12.8 Å². The third-order valence-electron chi connectivity index (χ3n) is 3.31. The number of hydrogen-bond donors (Lipinski definition) is 0. The summed E-state index contributed by atoms with van der Waals surface area (Å²) in [6, 6.07) is 7.08. The van der Waals surface area contributed by atoms with Crippen LogP contribution in [0.5, 0.6) is 0 Å². The van der Waals surface area contributed by atoms with E-state index in [1.807, 2.05) is 19.1 Å². The molecular formula is C13H16O2S.